The number of allylic oxidation sites excluding steroid dienone is 1. The highest BCUT2D eigenvalue weighted by Gasteiger charge is 2.39. The number of aryl methyl sites for hydroxylation is 1. The van der Waals surface area contributed by atoms with Gasteiger partial charge in [-0.15, -0.1) is 0 Å². The van der Waals surface area contributed by atoms with Crippen LogP contribution in [-0.2, 0) is 4.79 Å². The van der Waals surface area contributed by atoms with Gasteiger partial charge in [0, 0.05) is 5.56 Å². The summed E-state index contributed by atoms with van der Waals surface area (Å²) < 4.78 is 77.8. The van der Waals surface area contributed by atoms with Gasteiger partial charge in [0.15, 0.2) is 0 Å². The Balaban J connectivity index is 2.19. The van der Waals surface area contributed by atoms with Crippen LogP contribution in [0.1, 0.15) is 39.9 Å². The molecule has 2 atom stereocenters. The molecule has 0 heterocycles. The maximum atomic E-state index is 13.7. The fraction of sp³-hybridized carbons (Fsp3) is 0.304. The molecular formula is C23H19Cl3F6N2O2. The molecular weight excluding hydrogens is 557 g/mol. The largest absolute Gasteiger partial charge is 0.405 e. The van der Waals surface area contributed by atoms with Crippen LogP contribution < -0.4 is 10.6 Å². The zero-order valence-electron chi connectivity index (χ0n) is 18.6. The minimum Gasteiger partial charge on any atom is -0.345 e. The number of nitrogens with one attached hydrogen (secondary N) is 2. The molecule has 2 amide bonds. The highest BCUT2D eigenvalue weighted by Crippen LogP contribution is 2.41. The second-order valence-corrected chi connectivity index (χ2v) is 8.97. The number of carbonyl (C=O) groups is 2. The van der Waals surface area contributed by atoms with Gasteiger partial charge in [0.1, 0.15) is 12.6 Å². The number of carbonyl (C=O) groups excluding carboxylic acids is 2. The van der Waals surface area contributed by atoms with Gasteiger partial charge in [-0.25, -0.2) is 0 Å². The van der Waals surface area contributed by atoms with Crippen molar-refractivity contribution < 1.29 is 35.9 Å². The number of halogens is 9. The molecule has 2 aromatic rings. The predicted molar refractivity (Wildman–Crippen MR) is 126 cm³/mol. The number of benzene rings is 2. The van der Waals surface area contributed by atoms with Crippen molar-refractivity contribution in [2.24, 2.45) is 0 Å². The quantitative estimate of drug-likeness (QED) is 0.273. The van der Waals surface area contributed by atoms with Crippen LogP contribution in [0.25, 0.3) is 6.08 Å². The molecule has 0 bridgehead atoms. The minimum absolute atomic E-state index is 0.0661. The van der Waals surface area contributed by atoms with Gasteiger partial charge in [0.2, 0.25) is 5.91 Å². The number of hydrogen-bond donors (Lipinski definition) is 2. The molecule has 2 N–H and O–H groups in total. The lowest BCUT2D eigenvalue weighted by Crippen LogP contribution is -2.47. The molecule has 0 fully saturated rings. The third kappa shape index (κ3) is 8.31. The van der Waals surface area contributed by atoms with E-state index in [1.165, 1.54) is 38.1 Å². The second kappa shape index (κ2) is 11.7. The first-order chi connectivity index (χ1) is 16.5. The average molecular weight is 576 g/mol. The molecule has 0 aliphatic rings. The summed E-state index contributed by atoms with van der Waals surface area (Å²) in [5, 5.41) is 3.61. The molecule has 0 radical (unpaired) electrons. The summed E-state index contributed by atoms with van der Waals surface area (Å²) in [6, 6.07) is 5.02. The smallest absolute Gasteiger partial charge is 0.345 e. The molecule has 0 spiro atoms. The van der Waals surface area contributed by atoms with Crippen molar-refractivity contribution in [1.82, 2.24) is 10.6 Å². The Morgan fingerprint density at radius 2 is 1.58 bits per heavy atom. The van der Waals surface area contributed by atoms with Crippen molar-refractivity contribution >= 4 is 52.7 Å². The molecule has 0 saturated heterocycles. The summed E-state index contributed by atoms with van der Waals surface area (Å²) >= 11 is 17.6. The van der Waals surface area contributed by atoms with Crippen molar-refractivity contribution in [3.05, 3.63) is 73.7 Å². The molecule has 36 heavy (non-hydrogen) atoms. The maximum absolute atomic E-state index is 13.7. The van der Waals surface area contributed by atoms with Gasteiger partial charge in [0.05, 0.1) is 21.0 Å². The summed E-state index contributed by atoms with van der Waals surface area (Å²) in [5.74, 6) is -3.82. The van der Waals surface area contributed by atoms with E-state index < -0.39 is 42.7 Å². The Morgan fingerprint density at radius 1 is 1.00 bits per heavy atom. The Kier molecular flexibility index (Phi) is 9.72. The van der Waals surface area contributed by atoms with Gasteiger partial charge in [-0.3, -0.25) is 9.59 Å². The molecule has 0 aromatic heterocycles. The fourth-order valence-corrected chi connectivity index (χ4v) is 3.71. The van der Waals surface area contributed by atoms with E-state index in [0.29, 0.717) is 11.1 Å². The Hall–Kier alpha value is -2.43. The number of amides is 2. The maximum Gasteiger partial charge on any atom is 0.405 e. The van der Waals surface area contributed by atoms with Gasteiger partial charge < -0.3 is 10.6 Å². The molecule has 2 aromatic carbocycles. The van der Waals surface area contributed by atoms with Crippen LogP contribution in [0, 0.1) is 6.92 Å². The SMILES string of the molecule is Cc1cc(/C=C/C(c2cc(Cl)c(Cl)c(Cl)c2)C(F)(F)F)ccc1C(=O)N[C@@H](C)C(=O)NCC(F)(F)F. The fourth-order valence-electron chi connectivity index (χ4n) is 3.10. The van der Waals surface area contributed by atoms with E-state index in [2.05, 4.69) is 5.32 Å². The summed E-state index contributed by atoms with van der Waals surface area (Å²) in [5.41, 5.74) is 0.564. The van der Waals surface area contributed by atoms with Crippen molar-refractivity contribution in [2.45, 2.75) is 38.2 Å². The van der Waals surface area contributed by atoms with Gasteiger partial charge in [0.25, 0.3) is 5.91 Å². The van der Waals surface area contributed by atoms with Crippen molar-refractivity contribution in [1.29, 1.82) is 0 Å². The van der Waals surface area contributed by atoms with Crippen LogP contribution in [0.15, 0.2) is 36.4 Å². The average Bonchev–Trinajstić information content (AvgIpc) is 2.74. The summed E-state index contributed by atoms with van der Waals surface area (Å²) in [6.45, 7) is 1.18. The molecule has 1 unspecified atom stereocenters. The van der Waals surface area contributed by atoms with E-state index in [0.717, 1.165) is 18.2 Å². The predicted octanol–water partition coefficient (Wildman–Crippen LogP) is 7.11. The lowest BCUT2D eigenvalue weighted by atomic mass is 9.96. The zero-order valence-corrected chi connectivity index (χ0v) is 20.9. The van der Waals surface area contributed by atoms with Gasteiger partial charge >= 0.3 is 12.4 Å². The monoisotopic (exact) mass is 574 g/mol. The van der Waals surface area contributed by atoms with Gasteiger partial charge in [-0.05, 0) is 48.7 Å². The Morgan fingerprint density at radius 3 is 2.08 bits per heavy atom. The topological polar surface area (TPSA) is 58.2 Å². The first kappa shape index (κ1) is 29.8. The molecule has 2 rings (SSSR count). The van der Waals surface area contributed by atoms with Crippen LogP contribution in [0.5, 0.6) is 0 Å². The lowest BCUT2D eigenvalue weighted by Gasteiger charge is -2.18. The highest BCUT2D eigenvalue weighted by atomic mass is 35.5. The van der Waals surface area contributed by atoms with Crippen molar-refractivity contribution in [2.75, 3.05) is 6.54 Å². The lowest BCUT2D eigenvalue weighted by molar-refractivity contribution is -0.139. The summed E-state index contributed by atoms with van der Waals surface area (Å²) in [6.07, 6.45) is -7.17. The van der Waals surface area contributed by atoms with E-state index in [9.17, 15) is 35.9 Å². The van der Waals surface area contributed by atoms with Crippen LogP contribution in [0.3, 0.4) is 0 Å². The van der Waals surface area contributed by atoms with E-state index in [1.54, 1.807) is 5.32 Å². The third-order valence-corrected chi connectivity index (χ3v) is 6.09. The van der Waals surface area contributed by atoms with Gasteiger partial charge in [-0.2, -0.15) is 26.3 Å². The van der Waals surface area contributed by atoms with Crippen LogP contribution in [-0.4, -0.2) is 36.8 Å². The second-order valence-electron chi connectivity index (χ2n) is 7.78. The van der Waals surface area contributed by atoms with Crippen LogP contribution >= 0.6 is 34.8 Å². The molecule has 4 nitrogen and oxygen atoms in total. The normalized spacial score (nSPS) is 14.0. The van der Waals surface area contributed by atoms with Crippen molar-refractivity contribution in [3.8, 4) is 0 Å². The molecule has 0 aliphatic carbocycles. The van der Waals surface area contributed by atoms with E-state index in [-0.39, 0.29) is 26.2 Å². The summed E-state index contributed by atoms with van der Waals surface area (Å²) in [7, 11) is 0. The first-order valence-electron chi connectivity index (χ1n) is 10.1. The third-order valence-electron chi connectivity index (χ3n) is 4.90. The Bertz CT molecular complexity index is 1140. The standard InChI is InChI=1S/C23H19Cl3F6N2O2/c1-11-7-13(3-5-15(11)21(36)34-12(2)20(35)33-10-22(27,28)29)4-6-16(23(30,31)32)14-8-17(24)19(26)18(25)9-14/h3-9,12,16H,10H2,1-2H3,(H,33,35)(H,34,36)/b6-4+/t12-,16?/m0/s1. The van der Waals surface area contributed by atoms with E-state index >= 15 is 0 Å². The zero-order chi connectivity index (χ0) is 27.4. The Labute approximate surface area is 217 Å². The number of rotatable bonds is 7. The van der Waals surface area contributed by atoms with E-state index in [4.69, 9.17) is 34.8 Å². The molecule has 0 saturated carbocycles. The van der Waals surface area contributed by atoms with Crippen molar-refractivity contribution in [3.63, 3.8) is 0 Å². The molecule has 13 heteroatoms. The molecule has 196 valence electrons. The number of alkyl halides is 6. The molecule has 0 aliphatic heterocycles. The van der Waals surface area contributed by atoms with Crippen LogP contribution in [0.4, 0.5) is 26.3 Å². The first-order valence-corrected chi connectivity index (χ1v) is 11.3. The van der Waals surface area contributed by atoms with E-state index in [1.807, 2.05) is 0 Å². The number of hydrogen-bond acceptors (Lipinski definition) is 2. The van der Waals surface area contributed by atoms with Gasteiger partial charge in [-0.1, -0.05) is 59.1 Å². The minimum atomic E-state index is -4.67. The summed E-state index contributed by atoms with van der Waals surface area (Å²) in [4.78, 5) is 24.2. The van der Waals surface area contributed by atoms with Crippen LogP contribution in [0.2, 0.25) is 15.1 Å². The highest BCUT2D eigenvalue weighted by molar-refractivity contribution is 6.48.